The van der Waals surface area contributed by atoms with Crippen LogP contribution in [0.5, 0.6) is 0 Å². The maximum absolute atomic E-state index is 12.7. The molecule has 2 aromatic rings. The summed E-state index contributed by atoms with van der Waals surface area (Å²) in [6.45, 7) is 1.97. The quantitative estimate of drug-likeness (QED) is 0.782. The second kappa shape index (κ2) is 7.57. The van der Waals surface area contributed by atoms with Crippen LogP contribution >= 0.6 is 11.6 Å². The van der Waals surface area contributed by atoms with E-state index in [2.05, 4.69) is 10.6 Å². The predicted octanol–water partition coefficient (Wildman–Crippen LogP) is 4.50. The maximum Gasteiger partial charge on any atom is 0.416 e. The van der Waals surface area contributed by atoms with E-state index in [1.807, 2.05) is 6.92 Å². The van der Waals surface area contributed by atoms with Crippen LogP contribution in [0.1, 0.15) is 18.1 Å². The van der Waals surface area contributed by atoms with Gasteiger partial charge in [-0.25, -0.2) is 0 Å². The van der Waals surface area contributed by atoms with Crippen LogP contribution in [-0.2, 0) is 22.2 Å². The first kappa shape index (κ1) is 18.8. The summed E-state index contributed by atoms with van der Waals surface area (Å²) in [5, 5.41) is 4.33. The van der Waals surface area contributed by atoms with Crippen LogP contribution in [0.2, 0.25) is 5.02 Å². The van der Waals surface area contributed by atoms with Gasteiger partial charge in [0, 0.05) is 5.69 Å². The van der Waals surface area contributed by atoms with Crippen molar-refractivity contribution in [3.8, 4) is 0 Å². The Morgan fingerprint density at radius 2 is 1.60 bits per heavy atom. The highest BCUT2D eigenvalue weighted by atomic mass is 35.5. The number of aryl methyl sites for hydroxylation is 1. The molecular weight excluding hydrogens is 357 g/mol. The summed E-state index contributed by atoms with van der Waals surface area (Å²) < 4.78 is 38.1. The number of rotatable bonds is 3. The zero-order chi connectivity index (χ0) is 18.6. The molecule has 2 amide bonds. The topological polar surface area (TPSA) is 58.2 Å². The van der Waals surface area contributed by atoms with Crippen LogP contribution in [0.25, 0.3) is 0 Å². The Morgan fingerprint density at radius 3 is 2.16 bits per heavy atom. The number of carbonyl (C=O) groups excluding carboxylic acids is 2. The number of anilines is 2. The lowest BCUT2D eigenvalue weighted by atomic mass is 10.1. The highest BCUT2D eigenvalue weighted by molar-refractivity contribution is 6.44. The van der Waals surface area contributed by atoms with Crippen LogP contribution in [0, 0.1) is 0 Å². The summed E-state index contributed by atoms with van der Waals surface area (Å²) in [7, 11) is 0. The molecular formula is C17H14ClF3N2O2. The molecule has 0 heterocycles. The summed E-state index contributed by atoms with van der Waals surface area (Å²) in [4.78, 5) is 23.8. The molecule has 0 radical (unpaired) electrons. The molecule has 4 nitrogen and oxygen atoms in total. The second-order valence-corrected chi connectivity index (χ2v) is 5.56. The van der Waals surface area contributed by atoms with Gasteiger partial charge in [0.2, 0.25) is 0 Å². The minimum atomic E-state index is -4.59. The SMILES string of the molecule is CCc1ccc(NC(=O)C(=O)Nc2cc(C(F)(F)F)ccc2Cl)cc1. The summed E-state index contributed by atoms with van der Waals surface area (Å²) in [5.41, 5.74) is 0.173. The van der Waals surface area contributed by atoms with Gasteiger partial charge in [0.25, 0.3) is 0 Å². The van der Waals surface area contributed by atoms with Gasteiger partial charge in [-0.1, -0.05) is 30.7 Å². The summed E-state index contributed by atoms with van der Waals surface area (Å²) in [5.74, 6) is -2.14. The van der Waals surface area contributed by atoms with Crippen molar-refractivity contribution in [3.05, 3.63) is 58.6 Å². The zero-order valence-electron chi connectivity index (χ0n) is 13.1. The van der Waals surface area contributed by atoms with Crippen molar-refractivity contribution in [1.29, 1.82) is 0 Å². The molecule has 8 heteroatoms. The molecule has 0 aliphatic carbocycles. The van der Waals surface area contributed by atoms with Gasteiger partial charge in [0.05, 0.1) is 16.3 Å². The monoisotopic (exact) mass is 370 g/mol. The third-order valence-corrected chi connectivity index (χ3v) is 3.70. The Balaban J connectivity index is 2.09. The van der Waals surface area contributed by atoms with Crippen molar-refractivity contribution in [2.45, 2.75) is 19.5 Å². The molecule has 2 aromatic carbocycles. The Kier molecular flexibility index (Phi) is 5.69. The lowest BCUT2D eigenvalue weighted by molar-refractivity contribution is -0.137. The number of alkyl halides is 3. The normalized spacial score (nSPS) is 11.1. The van der Waals surface area contributed by atoms with Crippen molar-refractivity contribution < 1.29 is 22.8 Å². The number of carbonyl (C=O) groups is 2. The van der Waals surface area contributed by atoms with E-state index in [-0.39, 0.29) is 10.7 Å². The molecule has 0 atom stereocenters. The van der Waals surface area contributed by atoms with Crippen molar-refractivity contribution >= 4 is 34.8 Å². The van der Waals surface area contributed by atoms with Crippen LogP contribution in [-0.4, -0.2) is 11.8 Å². The van der Waals surface area contributed by atoms with Crippen LogP contribution in [0.3, 0.4) is 0 Å². The van der Waals surface area contributed by atoms with Gasteiger partial charge in [-0.05, 0) is 42.3 Å². The third kappa shape index (κ3) is 4.96. The molecule has 0 aromatic heterocycles. The molecule has 2 rings (SSSR count). The van der Waals surface area contributed by atoms with Crippen molar-refractivity contribution in [2.24, 2.45) is 0 Å². The van der Waals surface area contributed by atoms with Crippen molar-refractivity contribution in [3.63, 3.8) is 0 Å². The molecule has 0 saturated carbocycles. The summed E-state index contributed by atoms with van der Waals surface area (Å²) in [6, 6.07) is 9.29. The fraction of sp³-hybridized carbons (Fsp3) is 0.176. The van der Waals surface area contributed by atoms with E-state index < -0.39 is 23.6 Å². The van der Waals surface area contributed by atoms with Crippen molar-refractivity contribution in [2.75, 3.05) is 10.6 Å². The average molecular weight is 371 g/mol. The Bertz CT molecular complexity index is 789. The molecule has 2 N–H and O–H groups in total. The first-order valence-corrected chi connectivity index (χ1v) is 7.66. The number of hydrogen-bond donors (Lipinski definition) is 2. The van der Waals surface area contributed by atoms with E-state index in [4.69, 9.17) is 11.6 Å². The summed E-state index contributed by atoms with van der Waals surface area (Å²) >= 11 is 5.77. The molecule has 0 aliphatic heterocycles. The highest BCUT2D eigenvalue weighted by Crippen LogP contribution is 2.33. The molecule has 25 heavy (non-hydrogen) atoms. The van der Waals surface area contributed by atoms with E-state index in [0.717, 1.165) is 24.1 Å². The number of nitrogens with one attached hydrogen (secondary N) is 2. The first-order valence-electron chi connectivity index (χ1n) is 7.28. The molecule has 0 unspecified atom stereocenters. The van der Waals surface area contributed by atoms with Crippen molar-refractivity contribution in [1.82, 2.24) is 0 Å². The number of amides is 2. The highest BCUT2D eigenvalue weighted by Gasteiger charge is 2.31. The molecule has 0 bridgehead atoms. The minimum absolute atomic E-state index is 0.110. The molecule has 0 fully saturated rings. The Morgan fingerprint density at radius 1 is 1.00 bits per heavy atom. The van der Waals surface area contributed by atoms with Gasteiger partial charge in [-0.3, -0.25) is 9.59 Å². The largest absolute Gasteiger partial charge is 0.416 e. The van der Waals surface area contributed by atoms with Crippen LogP contribution in [0.4, 0.5) is 24.5 Å². The van der Waals surface area contributed by atoms with E-state index in [1.54, 1.807) is 24.3 Å². The lowest BCUT2D eigenvalue weighted by Crippen LogP contribution is -2.29. The minimum Gasteiger partial charge on any atom is -0.318 e. The second-order valence-electron chi connectivity index (χ2n) is 5.15. The fourth-order valence-corrected chi connectivity index (χ4v) is 2.15. The van der Waals surface area contributed by atoms with Crippen LogP contribution in [0.15, 0.2) is 42.5 Å². The molecule has 0 saturated heterocycles. The lowest BCUT2D eigenvalue weighted by Gasteiger charge is -2.11. The fourth-order valence-electron chi connectivity index (χ4n) is 1.99. The van der Waals surface area contributed by atoms with Crippen LogP contribution < -0.4 is 10.6 Å². The predicted molar refractivity (Wildman–Crippen MR) is 89.5 cm³/mol. The maximum atomic E-state index is 12.7. The molecule has 132 valence electrons. The third-order valence-electron chi connectivity index (χ3n) is 3.37. The standard InChI is InChI=1S/C17H14ClF3N2O2/c1-2-10-3-6-12(7-4-10)22-15(24)16(25)23-14-9-11(17(19,20)21)5-8-13(14)18/h3-9H,2H2,1H3,(H,22,24)(H,23,25). The Hall–Kier alpha value is -2.54. The number of benzene rings is 2. The van der Waals surface area contributed by atoms with E-state index in [9.17, 15) is 22.8 Å². The average Bonchev–Trinajstić information content (AvgIpc) is 2.56. The smallest absolute Gasteiger partial charge is 0.318 e. The Labute approximate surface area is 147 Å². The molecule has 0 spiro atoms. The van der Waals surface area contributed by atoms with E-state index >= 15 is 0 Å². The van der Waals surface area contributed by atoms with E-state index in [1.165, 1.54) is 0 Å². The molecule has 0 aliphatic rings. The first-order chi connectivity index (χ1) is 11.7. The van der Waals surface area contributed by atoms with Gasteiger partial charge in [-0.2, -0.15) is 13.2 Å². The van der Waals surface area contributed by atoms with Gasteiger partial charge in [-0.15, -0.1) is 0 Å². The van der Waals surface area contributed by atoms with Gasteiger partial charge < -0.3 is 10.6 Å². The van der Waals surface area contributed by atoms with E-state index in [0.29, 0.717) is 11.8 Å². The van der Waals surface area contributed by atoms with Gasteiger partial charge >= 0.3 is 18.0 Å². The van der Waals surface area contributed by atoms with Gasteiger partial charge in [0.1, 0.15) is 0 Å². The zero-order valence-corrected chi connectivity index (χ0v) is 13.8. The number of hydrogen-bond acceptors (Lipinski definition) is 2. The number of halogens is 4. The summed E-state index contributed by atoms with van der Waals surface area (Å²) in [6.07, 6.45) is -3.77. The van der Waals surface area contributed by atoms with Gasteiger partial charge in [0.15, 0.2) is 0 Å².